The van der Waals surface area contributed by atoms with Crippen LogP contribution in [-0.2, 0) is 4.74 Å². The van der Waals surface area contributed by atoms with Crippen molar-refractivity contribution in [3.05, 3.63) is 22.4 Å². The van der Waals surface area contributed by atoms with Gasteiger partial charge in [-0.15, -0.1) is 0 Å². The van der Waals surface area contributed by atoms with Crippen molar-refractivity contribution in [1.82, 2.24) is 0 Å². The fraction of sp³-hybridized carbons (Fsp3) is 0.375. The van der Waals surface area contributed by atoms with Crippen molar-refractivity contribution in [2.45, 2.75) is 20.0 Å². The number of hydrogen-bond donors (Lipinski definition) is 0. The topological polar surface area (TPSA) is 26.3 Å². The Balaban J connectivity index is 2.57. The number of carbonyl (C=O) groups excluding carboxylic acids is 1. The van der Waals surface area contributed by atoms with Gasteiger partial charge in [0.25, 0.3) is 0 Å². The summed E-state index contributed by atoms with van der Waals surface area (Å²) in [6.07, 6.45) is -0.0394. The molecule has 0 unspecified atom stereocenters. The summed E-state index contributed by atoms with van der Waals surface area (Å²) in [5.74, 6) is -0.235. The zero-order valence-corrected chi connectivity index (χ0v) is 7.35. The van der Waals surface area contributed by atoms with Gasteiger partial charge >= 0.3 is 5.97 Å². The predicted octanol–water partition coefficient (Wildman–Crippen LogP) is 2.31. The zero-order chi connectivity index (χ0) is 8.27. The van der Waals surface area contributed by atoms with Crippen molar-refractivity contribution in [3.63, 3.8) is 0 Å². The SMILES string of the molecule is CC(C)OC(=O)c1ccsc1. The first kappa shape index (κ1) is 8.27. The molecule has 60 valence electrons. The van der Waals surface area contributed by atoms with Crippen LogP contribution in [0.1, 0.15) is 24.2 Å². The lowest BCUT2D eigenvalue weighted by molar-refractivity contribution is 0.0378. The molecule has 0 radical (unpaired) electrons. The first-order valence-corrected chi connectivity index (χ1v) is 4.37. The summed E-state index contributed by atoms with van der Waals surface area (Å²) in [5, 5.41) is 3.64. The maximum atomic E-state index is 11.1. The van der Waals surface area contributed by atoms with Gasteiger partial charge in [-0.25, -0.2) is 4.79 Å². The second-order valence-corrected chi connectivity index (χ2v) is 3.25. The molecule has 0 aromatic carbocycles. The van der Waals surface area contributed by atoms with Gasteiger partial charge in [-0.05, 0) is 25.3 Å². The minimum Gasteiger partial charge on any atom is -0.459 e. The van der Waals surface area contributed by atoms with Gasteiger partial charge in [-0.1, -0.05) is 0 Å². The van der Waals surface area contributed by atoms with Gasteiger partial charge in [0, 0.05) is 5.38 Å². The Hall–Kier alpha value is -0.830. The molecule has 0 saturated heterocycles. The second-order valence-electron chi connectivity index (χ2n) is 2.47. The minimum absolute atomic E-state index is 0.0394. The van der Waals surface area contributed by atoms with E-state index in [1.165, 1.54) is 11.3 Å². The number of thiophene rings is 1. The Labute approximate surface area is 69.8 Å². The highest BCUT2D eigenvalue weighted by molar-refractivity contribution is 7.08. The lowest BCUT2D eigenvalue weighted by atomic mass is 10.3. The van der Waals surface area contributed by atoms with Crippen LogP contribution in [0.3, 0.4) is 0 Å². The molecule has 11 heavy (non-hydrogen) atoms. The fourth-order valence-electron chi connectivity index (χ4n) is 0.663. The van der Waals surface area contributed by atoms with Crippen molar-refractivity contribution in [1.29, 1.82) is 0 Å². The van der Waals surface area contributed by atoms with E-state index in [4.69, 9.17) is 4.74 Å². The Morgan fingerprint density at radius 1 is 1.64 bits per heavy atom. The maximum absolute atomic E-state index is 11.1. The van der Waals surface area contributed by atoms with Crippen LogP contribution in [-0.4, -0.2) is 12.1 Å². The third-order valence-electron chi connectivity index (χ3n) is 1.10. The van der Waals surface area contributed by atoms with Crippen LogP contribution < -0.4 is 0 Å². The largest absolute Gasteiger partial charge is 0.459 e. The van der Waals surface area contributed by atoms with Crippen molar-refractivity contribution >= 4 is 17.3 Å². The summed E-state index contributed by atoms with van der Waals surface area (Å²) >= 11 is 1.49. The number of hydrogen-bond acceptors (Lipinski definition) is 3. The Kier molecular flexibility index (Phi) is 2.65. The van der Waals surface area contributed by atoms with Gasteiger partial charge in [-0.2, -0.15) is 11.3 Å². The lowest BCUT2D eigenvalue weighted by Crippen LogP contribution is -2.10. The molecule has 2 nitrogen and oxygen atoms in total. The molecule has 0 N–H and O–H groups in total. The molecule has 0 fully saturated rings. The standard InChI is InChI=1S/C8H10O2S/c1-6(2)10-8(9)7-3-4-11-5-7/h3-6H,1-2H3. The third kappa shape index (κ3) is 2.35. The van der Waals surface area contributed by atoms with Crippen molar-refractivity contribution in [2.75, 3.05) is 0 Å². The minimum atomic E-state index is -0.235. The summed E-state index contributed by atoms with van der Waals surface area (Å²) in [6.45, 7) is 3.68. The van der Waals surface area contributed by atoms with E-state index in [2.05, 4.69) is 0 Å². The van der Waals surface area contributed by atoms with E-state index in [0.29, 0.717) is 5.56 Å². The molecule has 0 aliphatic carbocycles. The van der Waals surface area contributed by atoms with E-state index in [-0.39, 0.29) is 12.1 Å². The van der Waals surface area contributed by atoms with Gasteiger partial charge in [0.1, 0.15) is 0 Å². The van der Waals surface area contributed by atoms with Crippen LogP contribution in [0.4, 0.5) is 0 Å². The average Bonchev–Trinajstić information content (AvgIpc) is 2.35. The van der Waals surface area contributed by atoms with E-state index < -0.39 is 0 Å². The van der Waals surface area contributed by atoms with Crippen LogP contribution >= 0.6 is 11.3 Å². The molecule has 0 amide bonds. The van der Waals surface area contributed by atoms with Gasteiger partial charge in [0.15, 0.2) is 0 Å². The molecule has 0 saturated carbocycles. The number of carbonyl (C=O) groups is 1. The van der Waals surface area contributed by atoms with Crippen LogP contribution in [0, 0.1) is 0 Å². The number of ether oxygens (including phenoxy) is 1. The third-order valence-corrected chi connectivity index (χ3v) is 1.78. The van der Waals surface area contributed by atoms with Gasteiger partial charge in [0.05, 0.1) is 11.7 Å². The van der Waals surface area contributed by atoms with Crippen molar-refractivity contribution in [2.24, 2.45) is 0 Å². The normalized spacial score (nSPS) is 10.1. The summed E-state index contributed by atoms with van der Waals surface area (Å²) in [5.41, 5.74) is 0.642. The summed E-state index contributed by atoms with van der Waals surface area (Å²) < 4.78 is 4.96. The molecule has 0 atom stereocenters. The van der Waals surface area contributed by atoms with Crippen molar-refractivity contribution in [3.8, 4) is 0 Å². The van der Waals surface area contributed by atoms with Crippen LogP contribution in [0.2, 0.25) is 0 Å². The Bertz CT molecular complexity index is 226. The summed E-state index contributed by atoms with van der Waals surface area (Å²) in [4.78, 5) is 11.1. The van der Waals surface area contributed by atoms with E-state index in [9.17, 15) is 4.79 Å². The molecule has 0 bridgehead atoms. The predicted molar refractivity (Wildman–Crippen MR) is 44.9 cm³/mol. The molecule has 1 heterocycles. The highest BCUT2D eigenvalue weighted by atomic mass is 32.1. The molecule has 3 heteroatoms. The summed E-state index contributed by atoms with van der Waals surface area (Å²) in [7, 11) is 0. The highest BCUT2D eigenvalue weighted by Crippen LogP contribution is 2.08. The van der Waals surface area contributed by atoms with Gasteiger partial charge in [-0.3, -0.25) is 0 Å². The molecule has 1 aromatic rings. The Morgan fingerprint density at radius 3 is 2.82 bits per heavy atom. The highest BCUT2D eigenvalue weighted by Gasteiger charge is 2.07. The fourth-order valence-corrected chi connectivity index (χ4v) is 1.29. The zero-order valence-electron chi connectivity index (χ0n) is 6.53. The van der Waals surface area contributed by atoms with Crippen molar-refractivity contribution < 1.29 is 9.53 Å². The monoisotopic (exact) mass is 170 g/mol. The number of rotatable bonds is 2. The number of esters is 1. The molecule has 0 aliphatic heterocycles. The van der Waals surface area contributed by atoms with Crippen LogP contribution in [0.5, 0.6) is 0 Å². The molecule has 1 rings (SSSR count). The van der Waals surface area contributed by atoms with Gasteiger partial charge in [0.2, 0.25) is 0 Å². The summed E-state index contributed by atoms with van der Waals surface area (Å²) in [6, 6.07) is 1.76. The maximum Gasteiger partial charge on any atom is 0.339 e. The van der Waals surface area contributed by atoms with Crippen LogP contribution in [0.25, 0.3) is 0 Å². The molecule has 0 spiro atoms. The molecular formula is C8H10O2S. The quantitative estimate of drug-likeness (QED) is 0.637. The van der Waals surface area contributed by atoms with E-state index in [1.54, 1.807) is 11.4 Å². The van der Waals surface area contributed by atoms with E-state index in [1.807, 2.05) is 19.2 Å². The van der Waals surface area contributed by atoms with Crippen LogP contribution in [0.15, 0.2) is 16.8 Å². The lowest BCUT2D eigenvalue weighted by Gasteiger charge is -2.05. The Morgan fingerprint density at radius 2 is 2.36 bits per heavy atom. The molecule has 1 aromatic heterocycles. The molecular weight excluding hydrogens is 160 g/mol. The van der Waals surface area contributed by atoms with E-state index >= 15 is 0 Å². The first-order valence-electron chi connectivity index (χ1n) is 3.43. The first-order chi connectivity index (χ1) is 5.20. The van der Waals surface area contributed by atoms with E-state index in [0.717, 1.165) is 0 Å². The average molecular weight is 170 g/mol. The molecule has 0 aliphatic rings. The van der Waals surface area contributed by atoms with Gasteiger partial charge < -0.3 is 4.74 Å². The second kappa shape index (κ2) is 3.53. The smallest absolute Gasteiger partial charge is 0.339 e.